The zero-order chi connectivity index (χ0) is 34.4. The molecule has 49 heavy (non-hydrogen) atoms. The minimum absolute atomic E-state index is 0.145. The maximum atomic E-state index is 12.9. The number of imidazole rings is 2. The average Bonchev–Trinajstić information content (AvgIpc) is 3.91. The molecule has 1 saturated carbocycles. The Balaban J connectivity index is 1.29. The normalized spacial score (nSPS) is 16.8. The van der Waals surface area contributed by atoms with Gasteiger partial charge in [0.15, 0.2) is 11.5 Å². The minimum Gasteiger partial charge on any atom is -0.487 e. The lowest BCUT2D eigenvalue weighted by atomic mass is 9.98. The fourth-order valence-corrected chi connectivity index (χ4v) is 6.70. The second kappa shape index (κ2) is 15.5. The van der Waals surface area contributed by atoms with E-state index in [4.69, 9.17) is 28.7 Å². The molecule has 1 atom stereocenters. The Bertz CT molecular complexity index is 1690. The monoisotopic (exact) mass is 671 g/mol. The predicted molar refractivity (Wildman–Crippen MR) is 188 cm³/mol. The van der Waals surface area contributed by atoms with Crippen LogP contribution in [0.15, 0.2) is 48.8 Å². The molecule has 2 aromatic carbocycles. The fourth-order valence-electron chi connectivity index (χ4n) is 6.70. The van der Waals surface area contributed by atoms with Crippen LogP contribution in [0.1, 0.15) is 82.9 Å². The van der Waals surface area contributed by atoms with Crippen LogP contribution < -0.4 is 9.47 Å². The van der Waals surface area contributed by atoms with Crippen LogP contribution in [0.25, 0.3) is 33.6 Å². The van der Waals surface area contributed by atoms with E-state index in [0.29, 0.717) is 50.4 Å². The van der Waals surface area contributed by atoms with Crippen molar-refractivity contribution in [1.82, 2.24) is 24.8 Å². The van der Waals surface area contributed by atoms with Crippen molar-refractivity contribution in [3.8, 4) is 45.1 Å². The number of hydrogen-bond donors (Lipinski definition) is 2. The summed E-state index contributed by atoms with van der Waals surface area (Å²) in [5.41, 5.74) is 4.97. The van der Waals surface area contributed by atoms with E-state index >= 15 is 0 Å². The number of nitrogens with zero attached hydrogens (tertiary/aromatic N) is 3. The van der Waals surface area contributed by atoms with E-state index in [0.717, 1.165) is 71.0 Å². The zero-order valence-corrected chi connectivity index (χ0v) is 29.3. The molecule has 2 aromatic heterocycles. The summed E-state index contributed by atoms with van der Waals surface area (Å²) in [7, 11) is 3.32. The summed E-state index contributed by atoms with van der Waals surface area (Å²) in [5.74, 6) is 3.54. The quantitative estimate of drug-likeness (QED) is 0.138. The first kappa shape index (κ1) is 34.5. The summed E-state index contributed by atoms with van der Waals surface area (Å²) in [4.78, 5) is 31.1. The van der Waals surface area contributed by atoms with E-state index < -0.39 is 5.60 Å². The number of carbonyl (C=O) groups excluding carboxylic acids is 1. The van der Waals surface area contributed by atoms with E-state index in [1.165, 1.54) is 12.8 Å². The van der Waals surface area contributed by atoms with Crippen molar-refractivity contribution in [1.29, 1.82) is 0 Å². The lowest BCUT2D eigenvalue weighted by Gasteiger charge is -2.27. The number of hydrogen-bond acceptors (Lipinski definition) is 8. The third-order valence-electron chi connectivity index (χ3n) is 9.11. The number of rotatable bonds is 13. The van der Waals surface area contributed by atoms with Crippen molar-refractivity contribution in [2.75, 3.05) is 47.2 Å². The lowest BCUT2D eigenvalue weighted by Crippen LogP contribution is -2.36. The third-order valence-corrected chi connectivity index (χ3v) is 9.11. The number of nitrogens with one attached hydrogen (secondary N) is 2. The second-order valence-corrected chi connectivity index (χ2v) is 13.8. The van der Waals surface area contributed by atoms with Gasteiger partial charge in [-0.3, -0.25) is 4.90 Å². The summed E-state index contributed by atoms with van der Waals surface area (Å²) < 4.78 is 29.1. The first-order valence-corrected chi connectivity index (χ1v) is 17.4. The molecule has 6 rings (SSSR count). The highest BCUT2D eigenvalue weighted by Crippen LogP contribution is 2.46. The number of aromatic amines is 2. The van der Waals surface area contributed by atoms with Crippen LogP contribution in [0.2, 0.25) is 0 Å². The summed E-state index contributed by atoms with van der Waals surface area (Å²) in [6, 6.07) is 12.3. The molecule has 1 aliphatic carbocycles. The summed E-state index contributed by atoms with van der Waals surface area (Å²) in [6.45, 7) is 7.90. The number of likely N-dealkylation sites (tertiary alicyclic amines) is 1. The Labute approximate surface area is 288 Å². The Hall–Kier alpha value is -4.35. The van der Waals surface area contributed by atoms with Gasteiger partial charge >= 0.3 is 6.09 Å². The molecule has 11 heteroatoms. The molecule has 1 aliphatic heterocycles. The van der Waals surface area contributed by atoms with Gasteiger partial charge in [-0.2, -0.15) is 0 Å². The van der Waals surface area contributed by atoms with E-state index in [2.05, 4.69) is 51.4 Å². The van der Waals surface area contributed by atoms with E-state index in [9.17, 15) is 4.79 Å². The number of H-pyrrole nitrogens is 2. The number of methoxy groups -OCH3 is 2. The summed E-state index contributed by atoms with van der Waals surface area (Å²) >= 11 is 0. The maximum Gasteiger partial charge on any atom is 0.410 e. The predicted octanol–water partition coefficient (Wildman–Crippen LogP) is 7.91. The number of benzene rings is 2. The summed E-state index contributed by atoms with van der Waals surface area (Å²) in [5, 5.41) is 0. The fraction of sp³-hybridized carbons (Fsp3) is 0.500. The largest absolute Gasteiger partial charge is 0.487 e. The van der Waals surface area contributed by atoms with Crippen LogP contribution in [0.4, 0.5) is 4.79 Å². The molecular weight excluding hydrogens is 622 g/mol. The first-order valence-electron chi connectivity index (χ1n) is 17.4. The molecule has 4 aromatic rings. The zero-order valence-electron chi connectivity index (χ0n) is 29.3. The molecule has 2 aliphatic rings. The highest BCUT2D eigenvalue weighted by Gasteiger charge is 2.35. The third kappa shape index (κ3) is 8.11. The standard InChI is InChI=1S/C38H49N5O6/c1-38(2,3)49-37(44)43-18-8-11-32(43)36-40-23-30(41-36)26-14-12-25(13-15-26)28-16-17-29(31-24-39-35(42-31)27-9-6-7-10-27)34(48-22-20-46-5)33(28)47-21-19-45-4/h12-17,23-24,27,32H,6-11,18-22H2,1-5H3,(H,39,42)(H,40,41)/t32-/m0/s1. The molecule has 11 nitrogen and oxygen atoms in total. The minimum atomic E-state index is -0.552. The number of ether oxygens (including phenoxy) is 5. The van der Waals surface area contributed by atoms with Crippen LogP contribution in [-0.4, -0.2) is 83.7 Å². The van der Waals surface area contributed by atoms with Gasteiger partial charge in [-0.05, 0) is 69.7 Å². The van der Waals surface area contributed by atoms with Crippen LogP contribution >= 0.6 is 0 Å². The van der Waals surface area contributed by atoms with Gasteiger partial charge in [0.2, 0.25) is 0 Å². The van der Waals surface area contributed by atoms with Gasteiger partial charge in [-0.25, -0.2) is 14.8 Å². The van der Waals surface area contributed by atoms with Gasteiger partial charge in [0, 0.05) is 37.8 Å². The molecule has 0 unspecified atom stereocenters. The van der Waals surface area contributed by atoms with Crippen molar-refractivity contribution < 1.29 is 28.5 Å². The van der Waals surface area contributed by atoms with Crippen LogP contribution in [0.3, 0.4) is 0 Å². The van der Waals surface area contributed by atoms with Crippen molar-refractivity contribution in [3.63, 3.8) is 0 Å². The number of carbonyl (C=O) groups is 1. The van der Waals surface area contributed by atoms with Gasteiger partial charge in [0.25, 0.3) is 0 Å². The van der Waals surface area contributed by atoms with Gasteiger partial charge in [0.05, 0.1) is 43.0 Å². The molecule has 1 amide bonds. The Morgan fingerprint density at radius 2 is 1.35 bits per heavy atom. The van der Waals surface area contributed by atoms with Crippen molar-refractivity contribution >= 4 is 6.09 Å². The SMILES string of the molecule is COCCOc1c(-c2ccc(-c3cnc([C@@H]4CCCN4C(=O)OC(C)(C)C)[nH]3)cc2)ccc(-c2cnc(C3CCCC3)[nH]2)c1OCCOC. The van der Waals surface area contributed by atoms with E-state index in [-0.39, 0.29) is 12.1 Å². The van der Waals surface area contributed by atoms with E-state index in [1.54, 1.807) is 19.1 Å². The van der Waals surface area contributed by atoms with Gasteiger partial charge in [0.1, 0.15) is 30.5 Å². The molecule has 2 fully saturated rings. The molecule has 1 saturated heterocycles. The smallest absolute Gasteiger partial charge is 0.410 e. The highest BCUT2D eigenvalue weighted by molar-refractivity contribution is 5.83. The topological polar surface area (TPSA) is 124 Å². The molecule has 3 heterocycles. The molecule has 0 radical (unpaired) electrons. The molecule has 0 bridgehead atoms. The van der Waals surface area contributed by atoms with Crippen molar-refractivity contribution in [3.05, 3.63) is 60.4 Å². The Morgan fingerprint density at radius 1 is 0.755 bits per heavy atom. The highest BCUT2D eigenvalue weighted by atomic mass is 16.6. The Kier molecular flexibility index (Phi) is 10.9. The maximum absolute atomic E-state index is 12.9. The van der Waals surface area contributed by atoms with Gasteiger partial charge in [-0.15, -0.1) is 0 Å². The van der Waals surface area contributed by atoms with Crippen molar-refractivity contribution in [2.45, 2.75) is 76.9 Å². The lowest BCUT2D eigenvalue weighted by molar-refractivity contribution is 0.0218. The molecular formula is C38H49N5O6. The van der Waals surface area contributed by atoms with Crippen LogP contribution in [-0.2, 0) is 14.2 Å². The van der Waals surface area contributed by atoms with Crippen LogP contribution in [0, 0.1) is 0 Å². The van der Waals surface area contributed by atoms with Gasteiger partial charge < -0.3 is 33.7 Å². The summed E-state index contributed by atoms with van der Waals surface area (Å²) in [6.07, 6.45) is 9.97. The molecule has 2 N–H and O–H groups in total. The molecule has 262 valence electrons. The number of amides is 1. The van der Waals surface area contributed by atoms with Crippen molar-refractivity contribution in [2.24, 2.45) is 0 Å². The average molecular weight is 672 g/mol. The Morgan fingerprint density at radius 3 is 2.02 bits per heavy atom. The number of aromatic nitrogens is 4. The molecule has 0 spiro atoms. The van der Waals surface area contributed by atoms with Gasteiger partial charge in [-0.1, -0.05) is 37.1 Å². The first-order chi connectivity index (χ1) is 23.8. The van der Waals surface area contributed by atoms with Crippen LogP contribution in [0.5, 0.6) is 11.5 Å². The van der Waals surface area contributed by atoms with E-state index in [1.807, 2.05) is 33.2 Å². The second-order valence-electron chi connectivity index (χ2n) is 13.8.